The van der Waals surface area contributed by atoms with E-state index >= 15 is 0 Å². The van der Waals surface area contributed by atoms with Crippen LogP contribution in [0.2, 0.25) is 0 Å². The molecule has 0 bridgehead atoms. The van der Waals surface area contributed by atoms with Gasteiger partial charge in [0, 0.05) is 0 Å². The van der Waals surface area contributed by atoms with Gasteiger partial charge in [-0.3, -0.25) is 4.79 Å². The normalized spacial score (nSPS) is 26.8. The first-order chi connectivity index (χ1) is 7.49. The van der Waals surface area contributed by atoms with Gasteiger partial charge >= 0.3 is 5.97 Å². The van der Waals surface area contributed by atoms with Gasteiger partial charge in [0.1, 0.15) is 12.3 Å². The van der Waals surface area contributed by atoms with Crippen molar-refractivity contribution in [3.8, 4) is 0 Å². The number of amides is 1. The average Bonchev–Trinajstić information content (AvgIpc) is 2.59. The van der Waals surface area contributed by atoms with Crippen LogP contribution in [-0.4, -0.2) is 45.3 Å². The van der Waals surface area contributed by atoms with Crippen LogP contribution < -0.4 is 5.73 Å². The smallest absolute Gasteiger partial charge is 0.326 e. The Morgan fingerprint density at radius 1 is 1.50 bits per heavy atom. The first kappa shape index (κ1) is 12.9. The Morgan fingerprint density at radius 2 is 2.12 bits per heavy atom. The van der Waals surface area contributed by atoms with Crippen molar-refractivity contribution in [1.82, 2.24) is 4.90 Å². The summed E-state index contributed by atoms with van der Waals surface area (Å²) in [6.07, 6.45) is 0.794. The van der Waals surface area contributed by atoms with E-state index in [9.17, 15) is 14.7 Å². The molecule has 0 aromatic heterocycles. The topological polar surface area (TPSA) is 104 Å². The highest BCUT2D eigenvalue weighted by Crippen LogP contribution is 2.23. The Bertz CT molecular complexity index is 282. The fraction of sp³-hybridized carbons (Fsp3) is 0.800. The molecule has 1 fully saturated rings. The molecular weight excluding hydrogens is 212 g/mol. The standard InChI is InChI=1S/C10H18N2O4/c1-2-3-6(11)9(14)12-7(10(15)16)4-5-8(12)13/h6-8,13H,2-5,11H2,1H3,(H,15,16). The Hall–Kier alpha value is -1.14. The van der Waals surface area contributed by atoms with E-state index in [0.717, 1.165) is 11.3 Å². The van der Waals surface area contributed by atoms with Crippen molar-refractivity contribution in [3.05, 3.63) is 0 Å². The summed E-state index contributed by atoms with van der Waals surface area (Å²) in [6.45, 7) is 1.89. The quantitative estimate of drug-likeness (QED) is 0.604. The van der Waals surface area contributed by atoms with Crippen molar-refractivity contribution in [2.45, 2.75) is 50.9 Å². The minimum atomic E-state index is -1.09. The van der Waals surface area contributed by atoms with Gasteiger partial charge in [-0.1, -0.05) is 13.3 Å². The van der Waals surface area contributed by atoms with E-state index in [2.05, 4.69) is 0 Å². The largest absolute Gasteiger partial charge is 0.480 e. The highest BCUT2D eigenvalue weighted by Gasteiger charge is 2.41. The van der Waals surface area contributed by atoms with Gasteiger partial charge < -0.3 is 20.8 Å². The van der Waals surface area contributed by atoms with Gasteiger partial charge in [-0.25, -0.2) is 4.79 Å². The summed E-state index contributed by atoms with van der Waals surface area (Å²) in [5.74, 6) is -1.56. The number of nitrogens with two attached hydrogens (primary N) is 1. The van der Waals surface area contributed by atoms with Crippen LogP contribution in [0.1, 0.15) is 32.6 Å². The molecular formula is C10H18N2O4. The summed E-state index contributed by atoms with van der Waals surface area (Å²) in [5.41, 5.74) is 5.64. The fourth-order valence-corrected chi connectivity index (χ4v) is 1.96. The zero-order valence-corrected chi connectivity index (χ0v) is 9.30. The number of carbonyl (C=O) groups is 2. The van der Waals surface area contributed by atoms with Crippen molar-refractivity contribution in [2.75, 3.05) is 0 Å². The van der Waals surface area contributed by atoms with Crippen molar-refractivity contribution < 1.29 is 19.8 Å². The summed E-state index contributed by atoms with van der Waals surface area (Å²) in [7, 11) is 0. The maximum Gasteiger partial charge on any atom is 0.326 e. The third kappa shape index (κ3) is 2.51. The third-order valence-electron chi connectivity index (χ3n) is 2.81. The van der Waals surface area contributed by atoms with Crippen LogP contribution >= 0.6 is 0 Å². The van der Waals surface area contributed by atoms with Gasteiger partial charge in [0.15, 0.2) is 0 Å². The predicted molar refractivity (Wildman–Crippen MR) is 56.4 cm³/mol. The monoisotopic (exact) mass is 230 g/mol. The number of carbonyl (C=O) groups excluding carboxylic acids is 1. The second-order valence-electron chi connectivity index (χ2n) is 4.05. The van der Waals surface area contributed by atoms with Crippen LogP contribution in [0.25, 0.3) is 0 Å². The number of aliphatic carboxylic acids is 1. The lowest BCUT2D eigenvalue weighted by Gasteiger charge is -2.27. The molecule has 6 heteroatoms. The zero-order valence-electron chi connectivity index (χ0n) is 9.30. The van der Waals surface area contributed by atoms with Gasteiger partial charge in [0.05, 0.1) is 6.04 Å². The number of nitrogens with zero attached hydrogens (tertiary/aromatic N) is 1. The van der Waals surface area contributed by atoms with Gasteiger partial charge in [-0.05, 0) is 19.3 Å². The second-order valence-corrected chi connectivity index (χ2v) is 4.05. The number of aliphatic hydroxyl groups excluding tert-OH is 1. The molecule has 1 aliphatic rings. The van der Waals surface area contributed by atoms with Gasteiger partial charge in [0.2, 0.25) is 5.91 Å². The molecule has 1 rings (SSSR count). The Labute approximate surface area is 94.0 Å². The van der Waals surface area contributed by atoms with Gasteiger partial charge in [0.25, 0.3) is 0 Å². The molecule has 0 saturated carbocycles. The molecule has 16 heavy (non-hydrogen) atoms. The second kappa shape index (κ2) is 5.27. The van der Waals surface area contributed by atoms with Crippen molar-refractivity contribution >= 4 is 11.9 Å². The molecule has 4 N–H and O–H groups in total. The van der Waals surface area contributed by atoms with E-state index in [0.29, 0.717) is 12.8 Å². The van der Waals surface area contributed by atoms with Crippen LogP contribution in [0.15, 0.2) is 0 Å². The lowest BCUT2D eigenvalue weighted by atomic mass is 10.1. The van der Waals surface area contributed by atoms with E-state index in [-0.39, 0.29) is 6.42 Å². The van der Waals surface area contributed by atoms with Crippen molar-refractivity contribution in [3.63, 3.8) is 0 Å². The third-order valence-corrected chi connectivity index (χ3v) is 2.81. The molecule has 0 aromatic rings. The molecule has 1 aliphatic heterocycles. The van der Waals surface area contributed by atoms with Crippen LogP contribution in [0.4, 0.5) is 0 Å². The van der Waals surface area contributed by atoms with Crippen LogP contribution in [0, 0.1) is 0 Å². The molecule has 0 aliphatic carbocycles. The van der Waals surface area contributed by atoms with E-state index < -0.39 is 30.2 Å². The minimum Gasteiger partial charge on any atom is -0.480 e. The maximum absolute atomic E-state index is 11.8. The SMILES string of the molecule is CCCC(N)C(=O)N1C(O)CCC1C(=O)O. The summed E-state index contributed by atoms with van der Waals surface area (Å²) in [4.78, 5) is 23.7. The Balaban J connectivity index is 2.75. The number of hydrogen-bond acceptors (Lipinski definition) is 4. The van der Waals surface area contributed by atoms with E-state index in [1.807, 2.05) is 6.92 Å². The number of aliphatic hydroxyl groups is 1. The van der Waals surface area contributed by atoms with Crippen LogP contribution in [-0.2, 0) is 9.59 Å². The van der Waals surface area contributed by atoms with Crippen molar-refractivity contribution in [1.29, 1.82) is 0 Å². The van der Waals surface area contributed by atoms with Crippen LogP contribution in [0.3, 0.4) is 0 Å². The van der Waals surface area contributed by atoms with E-state index in [1.165, 1.54) is 0 Å². The molecule has 6 nitrogen and oxygen atoms in total. The summed E-state index contributed by atoms with van der Waals surface area (Å²) in [6, 6.07) is -1.66. The number of carboxylic acids is 1. The molecule has 1 heterocycles. The number of rotatable bonds is 4. The van der Waals surface area contributed by atoms with Crippen molar-refractivity contribution in [2.24, 2.45) is 5.73 Å². The highest BCUT2D eigenvalue weighted by atomic mass is 16.4. The Morgan fingerprint density at radius 3 is 2.62 bits per heavy atom. The molecule has 92 valence electrons. The predicted octanol–water partition coefficient (Wildman–Crippen LogP) is -0.492. The first-order valence-electron chi connectivity index (χ1n) is 5.47. The van der Waals surface area contributed by atoms with Crippen LogP contribution in [0.5, 0.6) is 0 Å². The van der Waals surface area contributed by atoms with E-state index in [1.54, 1.807) is 0 Å². The molecule has 0 radical (unpaired) electrons. The molecule has 1 saturated heterocycles. The number of likely N-dealkylation sites (tertiary alicyclic amines) is 1. The Kier molecular flexibility index (Phi) is 4.26. The highest BCUT2D eigenvalue weighted by molar-refractivity contribution is 5.87. The van der Waals surface area contributed by atoms with Gasteiger partial charge in [-0.15, -0.1) is 0 Å². The molecule has 3 atom stereocenters. The maximum atomic E-state index is 11.8. The molecule has 1 amide bonds. The summed E-state index contributed by atoms with van der Waals surface area (Å²) < 4.78 is 0. The number of carboxylic acid groups (broad SMARTS) is 1. The van der Waals surface area contributed by atoms with E-state index in [4.69, 9.17) is 10.8 Å². The summed E-state index contributed by atoms with van der Waals surface area (Å²) in [5, 5.41) is 18.5. The molecule has 3 unspecified atom stereocenters. The minimum absolute atomic E-state index is 0.279. The summed E-state index contributed by atoms with van der Waals surface area (Å²) >= 11 is 0. The number of hydrogen-bond donors (Lipinski definition) is 3. The fourth-order valence-electron chi connectivity index (χ4n) is 1.96. The zero-order chi connectivity index (χ0) is 12.3. The average molecular weight is 230 g/mol. The first-order valence-corrected chi connectivity index (χ1v) is 5.47. The molecule has 0 spiro atoms. The lowest BCUT2D eigenvalue weighted by molar-refractivity contribution is -0.155. The molecule has 0 aromatic carbocycles. The lowest BCUT2D eigenvalue weighted by Crippen LogP contribution is -2.51. The van der Waals surface area contributed by atoms with Gasteiger partial charge in [-0.2, -0.15) is 0 Å².